The standard InChI is InChI=1S/C10H16O2/c1-7(2)10(12)8-5-3-4-6-9(8)11/h7-8H,3-6H2,1-2H3/t8-/m1/s1. The van der Waals surface area contributed by atoms with Crippen LogP contribution < -0.4 is 0 Å². The Balaban J connectivity index is 2.60. The van der Waals surface area contributed by atoms with E-state index in [9.17, 15) is 9.59 Å². The summed E-state index contributed by atoms with van der Waals surface area (Å²) in [6.07, 6.45) is 3.41. The third-order valence-corrected chi connectivity index (χ3v) is 2.47. The van der Waals surface area contributed by atoms with Gasteiger partial charge in [0.25, 0.3) is 0 Å². The van der Waals surface area contributed by atoms with Crippen LogP contribution in [0.5, 0.6) is 0 Å². The van der Waals surface area contributed by atoms with E-state index in [1.54, 1.807) is 0 Å². The fourth-order valence-corrected chi connectivity index (χ4v) is 1.69. The van der Waals surface area contributed by atoms with Crippen molar-refractivity contribution >= 4 is 11.6 Å². The molecule has 68 valence electrons. The molecule has 1 aliphatic carbocycles. The Bertz CT molecular complexity index is 194. The lowest BCUT2D eigenvalue weighted by Crippen LogP contribution is -2.30. The van der Waals surface area contributed by atoms with Crippen LogP contribution in [0.4, 0.5) is 0 Å². The quantitative estimate of drug-likeness (QED) is 0.591. The van der Waals surface area contributed by atoms with Gasteiger partial charge in [0.2, 0.25) is 0 Å². The van der Waals surface area contributed by atoms with Gasteiger partial charge in [-0.25, -0.2) is 0 Å². The molecule has 0 radical (unpaired) electrons. The Morgan fingerprint density at radius 1 is 1.42 bits per heavy atom. The minimum Gasteiger partial charge on any atom is -0.299 e. The number of Topliss-reactive ketones (excluding diaryl/α,β-unsaturated/α-hetero) is 2. The van der Waals surface area contributed by atoms with Crippen LogP contribution in [0, 0.1) is 11.8 Å². The van der Waals surface area contributed by atoms with Crippen LogP contribution in [-0.2, 0) is 9.59 Å². The minimum absolute atomic E-state index is 0.0112. The normalized spacial score (nSPS) is 24.6. The van der Waals surface area contributed by atoms with Crippen molar-refractivity contribution in [3.63, 3.8) is 0 Å². The summed E-state index contributed by atoms with van der Waals surface area (Å²) in [6, 6.07) is 0. The second-order valence-corrected chi connectivity index (χ2v) is 3.82. The molecule has 0 aliphatic heterocycles. The number of carbonyl (C=O) groups is 2. The van der Waals surface area contributed by atoms with Gasteiger partial charge in [-0.3, -0.25) is 9.59 Å². The zero-order chi connectivity index (χ0) is 9.14. The van der Waals surface area contributed by atoms with Crippen molar-refractivity contribution in [2.24, 2.45) is 11.8 Å². The Morgan fingerprint density at radius 3 is 2.58 bits per heavy atom. The first kappa shape index (κ1) is 9.43. The molecule has 0 bridgehead atoms. The molecule has 1 aliphatic rings. The molecule has 2 heteroatoms. The lowest BCUT2D eigenvalue weighted by atomic mass is 9.82. The second kappa shape index (κ2) is 3.83. The summed E-state index contributed by atoms with van der Waals surface area (Å²) in [5.41, 5.74) is 0. The van der Waals surface area contributed by atoms with Crippen LogP contribution in [0.1, 0.15) is 39.5 Å². The van der Waals surface area contributed by atoms with E-state index in [0.717, 1.165) is 19.3 Å². The van der Waals surface area contributed by atoms with Gasteiger partial charge in [0.15, 0.2) is 0 Å². The molecule has 2 nitrogen and oxygen atoms in total. The number of hydrogen-bond donors (Lipinski definition) is 0. The van der Waals surface area contributed by atoms with E-state index in [4.69, 9.17) is 0 Å². The first-order chi connectivity index (χ1) is 5.63. The molecule has 0 spiro atoms. The SMILES string of the molecule is CC(C)C(=O)[C@@H]1CCCCC1=O. The molecule has 0 heterocycles. The van der Waals surface area contributed by atoms with Gasteiger partial charge in [0.1, 0.15) is 11.6 Å². The summed E-state index contributed by atoms with van der Waals surface area (Å²) >= 11 is 0. The van der Waals surface area contributed by atoms with Gasteiger partial charge >= 0.3 is 0 Å². The predicted molar refractivity (Wildman–Crippen MR) is 46.8 cm³/mol. The Hall–Kier alpha value is -0.660. The topological polar surface area (TPSA) is 34.1 Å². The minimum atomic E-state index is -0.265. The smallest absolute Gasteiger partial charge is 0.145 e. The van der Waals surface area contributed by atoms with Gasteiger partial charge in [-0.15, -0.1) is 0 Å². The van der Waals surface area contributed by atoms with Crippen molar-refractivity contribution in [3.8, 4) is 0 Å². The molecule has 1 atom stereocenters. The lowest BCUT2D eigenvalue weighted by Gasteiger charge is -2.20. The Kier molecular flexibility index (Phi) is 3.01. The van der Waals surface area contributed by atoms with Gasteiger partial charge in [0.05, 0.1) is 5.92 Å². The molecule has 0 aromatic rings. The first-order valence-corrected chi connectivity index (χ1v) is 4.69. The fraction of sp³-hybridized carbons (Fsp3) is 0.800. The highest BCUT2D eigenvalue weighted by Gasteiger charge is 2.29. The maximum absolute atomic E-state index is 11.5. The molecule has 0 aromatic carbocycles. The molecule has 1 fully saturated rings. The average Bonchev–Trinajstić information content (AvgIpc) is 2.04. The molecule has 0 amide bonds. The van der Waals surface area contributed by atoms with E-state index in [1.165, 1.54) is 0 Å². The lowest BCUT2D eigenvalue weighted by molar-refractivity contribution is -0.136. The highest BCUT2D eigenvalue weighted by atomic mass is 16.2. The van der Waals surface area contributed by atoms with E-state index >= 15 is 0 Å². The van der Waals surface area contributed by atoms with Crippen LogP contribution >= 0.6 is 0 Å². The van der Waals surface area contributed by atoms with Crippen LogP contribution in [0.15, 0.2) is 0 Å². The average molecular weight is 168 g/mol. The van der Waals surface area contributed by atoms with Gasteiger partial charge in [-0.1, -0.05) is 20.3 Å². The molecule has 1 rings (SSSR count). The summed E-state index contributed by atoms with van der Waals surface area (Å²) in [6.45, 7) is 3.73. The van der Waals surface area contributed by atoms with Crippen molar-refractivity contribution in [1.82, 2.24) is 0 Å². The maximum Gasteiger partial charge on any atom is 0.145 e. The second-order valence-electron chi connectivity index (χ2n) is 3.82. The van der Waals surface area contributed by atoms with Crippen molar-refractivity contribution in [1.29, 1.82) is 0 Å². The number of hydrogen-bond acceptors (Lipinski definition) is 2. The van der Waals surface area contributed by atoms with Crippen LogP contribution in [-0.4, -0.2) is 11.6 Å². The highest BCUT2D eigenvalue weighted by molar-refractivity contribution is 6.03. The van der Waals surface area contributed by atoms with Gasteiger partial charge in [0, 0.05) is 12.3 Å². The Labute approximate surface area is 73.3 Å². The Morgan fingerprint density at radius 2 is 2.08 bits per heavy atom. The zero-order valence-electron chi connectivity index (χ0n) is 7.80. The molecule has 0 unspecified atom stereocenters. The van der Waals surface area contributed by atoms with E-state index in [2.05, 4.69) is 0 Å². The van der Waals surface area contributed by atoms with Crippen LogP contribution in [0.3, 0.4) is 0 Å². The van der Waals surface area contributed by atoms with Gasteiger partial charge in [-0.05, 0) is 12.8 Å². The molecule has 0 aromatic heterocycles. The predicted octanol–water partition coefficient (Wildman–Crippen LogP) is 1.97. The van der Waals surface area contributed by atoms with E-state index in [1.807, 2.05) is 13.8 Å². The van der Waals surface area contributed by atoms with E-state index in [0.29, 0.717) is 6.42 Å². The highest BCUT2D eigenvalue weighted by Crippen LogP contribution is 2.23. The fourth-order valence-electron chi connectivity index (χ4n) is 1.69. The summed E-state index contributed by atoms with van der Waals surface area (Å²) in [4.78, 5) is 22.8. The molecule has 12 heavy (non-hydrogen) atoms. The van der Waals surface area contributed by atoms with Crippen LogP contribution in [0.25, 0.3) is 0 Å². The largest absolute Gasteiger partial charge is 0.299 e. The molecule has 0 saturated heterocycles. The monoisotopic (exact) mass is 168 g/mol. The number of rotatable bonds is 2. The van der Waals surface area contributed by atoms with E-state index in [-0.39, 0.29) is 23.4 Å². The number of carbonyl (C=O) groups excluding carboxylic acids is 2. The summed E-state index contributed by atoms with van der Waals surface area (Å²) in [5.74, 6) is 0.0513. The van der Waals surface area contributed by atoms with E-state index < -0.39 is 0 Å². The van der Waals surface area contributed by atoms with Crippen LogP contribution in [0.2, 0.25) is 0 Å². The van der Waals surface area contributed by atoms with Gasteiger partial charge < -0.3 is 0 Å². The third kappa shape index (κ3) is 1.93. The molecule has 0 N–H and O–H groups in total. The van der Waals surface area contributed by atoms with Gasteiger partial charge in [-0.2, -0.15) is 0 Å². The third-order valence-electron chi connectivity index (χ3n) is 2.47. The van der Waals surface area contributed by atoms with Crippen molar-refractivity contribution in [2.45, 2.75) is 39.5 Å². The molecule has 1 saturated carbocycles. The first-order valence-electron chi connectivity index (χ1n) is 4.69. The molecular formula is C10H16O2. The van der Waals surface area contributed by atoms with Crippen molar-refractivity contribution < 1.29 is 9.59 Å². The summed E-state index contributed by atoms with van der Waals surface area (Å²) in [5, 5.41) is 0. The summed E-state index contributed by atoms with van der Waals surface area (Å²) in [7, 11) is 0. The van der Waals surface area contributed by atoms with Crippen molar-refractivity contribution in [2.75, 3.05) is 0 Å². The number of ketones is 2. The summed E-state index contributed by atoms with van der Waals surface area (Å²) < 4.78 is 0. The molecular weight excluding hydrogens is 152 g/mol. The maximum atomic E-state index is 11.5. The van der Waals surface area contributed by atoms with Crippen molar-refractivity contribution in [3.05, 3.63) is 0 Å². The zero-order valence-corrected chi connectivity index (χ0v) is 7.80.